The van der Waals surface area contributed by atoms with Gasteiger partial charge in [-0.2, -0.15) is 0 Å². The van der Waals surface area contributed by atoms with Gasteiger partial charge < -0.3 is 14.0 Å². The van der Waals surface area contributed by atoms with Crippen molar-refractivity contribution in [1.29, 1.82) is 0 Å². The maximum Gasteiger partial charge on any atom is 1.00 e. The van der Waals surface area contributed by atoms with Crippen LogP contribution in [0.15, 0.2) is 12.7 Å². The molecular formula is C3H5BFNaO2. The zero-order valence-corrected chi connectivity index (χ0v) is 6.76. The Kier molecular flexibility index (Phi) is 11.0. The van der Waals surface area contributed by atoms with Gasteiger partial charge in [0.15, 0.2) is 0 Å². The summed E-state index contributed by atoms with van der Waals surface area (Å²) in [4.78, 5) is 0. The van der Waals surface area contributed by atoms with Crippen LogP contribution in [-0.4, -0.2) is 14.0 Å². The normalized spacial score (nSPS) is 7.25. The molecule has 5 heteroatoms. The summed E-state index contributed by atoms with van der Waals surface area (Å²) in [5.74, 6) is 0. The molecule has 0 amide bonds. The average Bonchev–Trinajstić information content (AvgIpc) is 1.61. The number of halogens is 1. The van der Waals surface area contributed by atoms with Crippen molar-refractivity contribution >= 4 is 7.40 Å². The summed E-state index contributed by atoms with van der Waals surface area (Å²) in [6, 6.07) is 0. The van der Waals surface area contributed by atoms with Gasteiger partial charge in [0.2, 0.25) is 0 Å². The van der Waals surface area contributed by atoms with E-state index in [4.69, 9.17) is 0 Å². The minimum atomic E-state index is -2.42. The molecule has 0 spiro atoms. The maximum absolute atomic E-state index is 11.1. The van der Waals surface area contributed by atoms with E-state index in [-0.39, 0.29) is 36.2 Å². The summed E-state index contributed by atoms with van der Waals surface area (Å²) in [5, 5.41) is 9.35. The van der Waals surface area contributed by atoms with Gasteiger partial charge in [0.25, 0.3) is 0 Å². The summed E-state index contributed by atoms with van der Waals surface area (Å²) < 4.78 is 14.9. The third-order valence-corrected chi connectivity index (χ3v) is 0.345. The molecule has 0 saturated heterocycles. The van der Waals surface area contributed by atoms with Crippen LogP contribution in [0.5, 0.6) is 0 Å². The third-order valence-electron chi connectivity index (χ3n) is 0.345. The van der Waals surface area contributed by atoms with E-state index in [1.807, 2.05) is 0 Å². The molecule has 0 aromatic carbocycles. The Labute approximate surface area is 70.2 Å². The van der Waals surface area contributed by atoms with E-state index in [9.17, 15) is 9.34 Å². The molecule has 0 aliphatic rings. The van der Waals surface area contributed by atoms with Gasteiger partial charge in [-0.1, -0.05) is 6.08 Å². The Hall–Kier alpha value is 0.655. The molecule has 0 atom stereocenters. The molecule has 0 aliphatic heterocycles. The van der Waals surface area contributed by atoms with Gasteiger partial charge in [-0.15, -0.1) is 6.58 Å². The van der Waals surface area contributed by atoms with E-state index < -0.39 is 7.40 Å². The topological polar surface area (TPSA) is 32.3 Å². The van der Waals surface area contributed by atoms with Crippen molar-refractivity contribution in [2.75, 3.05) is 6.61 Å². The van der Waals surface area contributed by atoms with Crippen molar-refractivity contribution in [3.05, 3.63) is 12.7 Å². The average molecular weight is 126 g/mol. The van der Waals surface area contributed by atoms with Gasteiger partial charge in [-0.05, 0) is 0 Å². The van der Waals surface area contributed by atoms with Crippen LogP contribution < -0.4 is 34.6 Å². The molecule has 0 aliphatic carbocycles. The van der Waals surface area contributed by atoms with Crippen LogP contribution in [0.4, 0.5) is 4.32 Å². The fourth-order valence-corrected chi connectivity index (χ4v) is 0.144. The summed E-state index contributed by atoms with van der Waals surface area (Å²) >= 11 is 0. The summed E-state index contributed by atoms with van der Waals surface area (Å²) in [5.41, 5.74) is 0. The molecule has 0 heterocycles. The van der Waals surface area contributed by atoms with E-state index in [0.717, 1.165) is 0 Å². The van der Waals surface area contributed by atoms with Crippen LogP contribution in [0.2, 0.25) is 0 Å². The monoisotopic (exact) mass is 126 g/mol. The smallest absolute Gasteiger partial charge is 0.828 e. The second-order valence-corrected chi connectivity index (χ2v) is 0.896. The molecule has 0 N–H and O–H groups in total. The molecule has 40 valence electrons. The molecule has 0 saturated carbocycles. The van der Waals surface area contributed by atoms with Crippen LogP contribution in [-0.2, 0) is 4.65 Å². The molecule has 2 nitrogen and oxygen atoms in total. The Balaban J connectivity index is 0. The van der Waals surface area contributed by atoms with Crippen molar-refractivity contribution in [2.45, 2.75) is 0 Å². The fraction of sp³-hybridized carbons (Fsp3) is 0.333. The molecule has 0 unspecified atom stereocenters. The Bertz CT molecular complexity index is 61.2. The van der Waals surface area contributed by atoms with Crippen molar-refractivity contribution in [3.8, 4) is 0 Å². The summed E-state index contributed by atoms with van der Waals surface area (Å²) in [6.45, 7) is 3.18. The van der Waals surface area contributed by atoms with Crippen molar-refractivity contribution in [3.63, 3.8) is 0 Å². The van der Waals surface area contributed by atoms with E-state index in [2.05, 4.69) is 11.2 Å². The Morgan fingerprint density at radius 2 is 2.38 bits per heavy atom. The van der Waals surface area contributed by atoms with Crippen LogP contribution in [0.3, 0.4) is 0 Å². The molecule has 0 aromatic heterocycles. The van der Waals surface area contributed by atoms with E-state index in [1.165, 1.54) is 6.08 Å². The van der Waals surface area contributed by atoms with Crippen LogP contribution in [0, 0.1) is 0 Å². The maximum atomic E-state index is 11.1. The predicted octanol–water partition coefficient (Wildman–Crippen LogP) is -3.49. The van der Waals surface area contributed by atoms with Crippen molar-refractivity contribution in [2.24, 2.45) is 0 Å². The first-order chi connectivity index (χ1) is 3.27. The van der Waals surface area contributed by atoms with Gasteiger partial charge in [0.1, 0.15) is 0 Å². The largest absolute Gasteiger partial charge is 1.00 e. The van der Waals surface area contributed by atoms with Gasteiger partial charge in [-0.3, -0.25) is 0 Å². The van der Waals surface area contributed by atoms with Gasteiger partial charge in [0.05, 0.1) is 0 Å². The summed E-state index contributed by atoms with van der Waals surface area (Å²) in [7, 11) is -2.42. The third kappa shape index (κ3) is 9.82. The SMILES string of the molecule is C=CCOB([O-])F.[Na+]. The van der Waals surface area contributed by atoms with Gasteiger partial charge >= 0.3 is 37.0 Å². The molecule has 8 heavy (non-hydrogen) atoms. The first kappa shape index (κ1) is 11.5. The molecule has 0 bridgehead atoms. The molecular weight excluding hydrogens is 121 g/mol. The predicted molar refractivity (Wildman–Crippen MR) is 23.0 cm³/mol. The number of hydrogen-bond donors (Lipinski definition) is 0. The second kappa shape index (κ2) is 7.65. The van der Waals surface area contributed by atoms with Gasteiger partial charge in [-0.25, -0.2) is 0 Å². The molecule has 0 radical (unpaired) electrons. The zero-order valence-electron chi connectivity index (χ0n) is 4.76. The fourth-order valence-electron chi connectivity index (χ4n) is 0.144. The molecule has 0 fully saturated rings. The minimum absolute atomic E-state index is 0. The number of rotatable bonds is 3. The first-order valence-electron chi connectivity index (χ1n) is 1.79. The van der Waals surface area contributed by atoms with Crippen molar-refractivity contribution < 1.29 is 43.6 Å². The number of hydrogen-bond acceptors (Lipinski definition) is 2. The quantitative estimate of drug-likeness (QED) is 0.290. The first-order valence-corrected chi connectivity index (χ1v) is 1.79. The summed E-state index contributed by atoms with van der Waals surface area (Å²) in [6.07, 6.45) is 1.31. The molecule has 0 rings (SSSR count). The second-order valence-electron chi connectivity index (χ2n) is 0.896. The van der Waals surface area contributed by atoms with Crippen LogP contribution >= 0.6 is 0 Å². The van der Waals surface area contributed by atoms with Crippen LogP contribution in [0.1, 0.15) is 0 Å². The standard InChI is InChI=1S/C3H5BFO2.Na/c1-2-3-7-4(5)6;/h2H,1,3H2;/q-1;+1. The van der Waals surface area contributed by atoms with Crippen molar-refractivity contribution in [1.82, 2.24) is 0 Å². The van der Waals surface area contributed by atoms with Crippen LogP contribution in [0.25, 0.3) is 0 Å². The van der Waals surface area contributed by atoms with E-state index >= 15 is 0 Å². The minimum Gasteiger partial charge on any atom is -0.828 e. The van der Waals surface area contributed by atoms with E-state index in [0.29, 0.717) is 0 Å². The zero-order chi connectivity index (χ0) is 5.70. The Morgan fingerprint density at radius 3 is 2.50 bits per heavy atom. The van der Waals surface area contributed by atoms with E-state index in [1.54, 1.807) is 0 Å². The Morgan fingerprint density at radius 1 is 1.88 bits per heavy atom. The molecule has 0 aromatic rings. The van der Waals surface area contributed by atoms with Gasteiger partial charge in [0, 0.05) is 6.61 Å².